The molecule has 20 heavy (non-hydrogen) atoms. The Morgan fingerprint density at radius 2 is 1.95 bits per heavy atom. The third-order valence-corrected chi connectivity index (χ3v) is 4.17. The second-order valence-electron chi connectivity index (χ2n) is 6.58. The number of hydrogen-bond acceptors (Lipinski definition) is 3. The molecule has 4 heteroatoms. The molecule has 0 amide bonds. The van der Waals surface area contributed by atoms with Crippen molar-refractivity contribution in [1.82, 2.24) is 0 Å². The van der Waals surface area contributed by atoms with Crippen LogP contribution in [-0.4, -0.2) is 10.7 Å². The zero-order chi connectivity index (χ0) is 15.0. The highest BCUT2D eigenvalue weighted by molar-refractivity contribution is 5.89. The molecule has 0 heterocycles. The van der Waals surface area contributed by atoms with E-state index in [4.69, 9.17) is 0 Å². The van der Waals surface area contributed by atoms with Crippen LogP contribution in [0.3, 0.4) is 0 Å². The summed E-state index contributed by atoms with van der Waals surface area (Å²) in [5.41, 5.74) is -0.0559. The molecule has 0 aliphatic heterocycles. The number of carbonyl (C=O) groups is 1. The van der Waals surface area contributed by atoms with Gasteiger partial charge in [0.25, 0.3) is 0 Å². The minimum Gasteiger partial charge on any atom is -0.291 e. The van der Waals surface area contributed by atoms with Crippen molar-refractivity contribution in [2.45, 2.75) is 57.4 Å². The van der Waals surface area contributed by atoms with Crippen molar-refractivity contribution in [3.8, 4) is 0 Å². The number of benzene rings is 1. The van der Waals surface area contributed by atoms with Gasteiger partial charge in [0, 0.05) is 23.3 Å². The molecule has 108 valence electrons. The summed E-state index contributed by atoms with van der Waals surface area (Å²) in [5, 5.41) is 11.6. The fourth-order valence-corrected chi connectivity index (χ4v) is 2.86. The molecule has 4 nitrogen and oxygen atoms in total. The third-order valence-electron chi connectivity index (χ3n) is 4.17. The van der Waals surface area contributed by atoms with E-state index < -0.39 is 5.54 Å². The molecule has 1 aromatic carbocycles. The van der Waals surface area contributed by atoms with Crippen molar-refractivity contribution in [2.24, 2.45) is 0 Å². The summed E-state index contributed by atoms with van der Waals surface area (Å²) in [7, 11) is 0. The summed E-state index contributed by atoms with van der Waals surface area (Å²) in [6.07, 6.45) is 2.10. The number of carbonyl (C=O) groups excluding carboxylic acids is 1. The van der Waals surface area contributed by atoms with Crippen LogP contribution < -0.4 is 0 Å². The van der Waals surface area contributed by atoms with Gasteiger partial charge in [-0.15, -0.1) is 0 Å². The van der Waals surface area contributed by atoms with Crippen molar-refractivity contribution in [3.05, 3.63) is 45.5 Å². The van der Waals surface area contributed by atoms with Crippen LogP contribution in [0.4, 0.5) is 0 Å². The zero-order valence-corrected chi connectivity index (χ0v) is 12.3. The fourth-order valence-electron chi connectivity index (χ4n) is 2.86. The van der Waals surface area contributed by atoms with Crippen LogP contribution in [0.25, 0.3) is 0 Å². The summed E-state index contributed by atoms with van der Waals surface area (Å²) < 4.78 is 0. The van der Waals surface area contributed by atoms with Gasteiger partial charge >= 0.3 is 5.54 Å². The minimum absolute atomic E-state index is 0.0918. The molecule has 1 saturated carbocycles. The average molecular weight is 275 g/mol. The van der Waals surface area contributed by atoms with Crippen molar-refractivity contribution in [1.29, 1.82) is 0 Å². The molecule has 0 N–H and O–H groups in total. The van der Waals surface area contributed by atoms with Gasteiger partial charge in [-0.2, -0.15) is 0 Å². The summed E-state index contributed by atoms with van der Waals surface area (Å²) >= 11 is 0. The third kappa shape index (κ3) is 2.35. The van der Waals surface area contributed by atoms with Gasteiger partial charge in [0.1, 0.15) is 0 Å². The maximum absolute atomic E-state index is 12.3. The van der Waals surface area contributed by atoms with Gasteiger partial charge in [-0.3, -0.25) is 14.9 Å². The highest BCUT2D eigenvalue weighted by Crippen LogP contribution is 2.38. The van der Waals surface area contributed by atoms with Crippen LogP contribution >= 0.6 is 0 Å². The second-order valence-corrected chi connectivity index (χ2v) is 6.58. The quantitative estimate of drug-likeness (QED) is 0.612. The topological polar surface area (TPSA) is 60.2 Å². The molecule has 1 aromatic rings. The first-order valence-electron chi connectivity index (χ1n) is 7.07. The number of nitrogens with zero attached hydrogens (tertiary/aromatic N) is 1. The lowest BCUT2D eigenvalue weighted by Gasteiger charge is -2.29. The van der Waals surface area contributed by atoms with Crippen LogP contribution in [0.1, 0.15) is 57.6 Å². The van der Waals surface area contributed by atoms with E-state index in [1.54, 1.807) is 6.07 Å². The van der Waals surface area contributed by atoms with E-state index in [-0.39, 0.29) is 16.1 Å². The molecule has 0 radical (unpaired) electrons. The van der Waals surface area contributed by atoms with Crippen LogP contribution in [0.2, 0.25) is 0 Å². The van der Waals surface area contributed by atoms with Gasteiger partial charge in [-0.05, 0) is 29.9 Å². The Labute approximate surface area is 119 Å². The Hall–Kier alpha value is -1.71. The maximum Gasteiger partial charge on any atom is 0.304 e. The van der Waals surface area contributed by atoms with E-state index in [0.29, 0.717) is 18.4 Å². The van der Waals surface area contributed by atoms with Crippen molar-refractivity contribution in [2.75, 3.05) is 0 Å². The van der Waals surface area contributed by atoms with E-state index in [9.17, 15) is 14.9 Å². The lowest BCUT2D eigenvalue weighted by atomic mass is 9.74. The standard InChI is InChI=1S/C16H21NO3/c1-15(2,3)12-7-6-8-13(11-12)16(17(19)20)10-5-4-9-14(16)18/h6-8,11H,4-5,9-10H2,1-3H3/t16-/m0/s1. The molecular weight excluding hydrogens is 254 g/mol. The Morgan fingerprint density at radius 3 is 2.50 bits per heavy atom. The van der Waals surface area contributed by atoms with Crippen LogP contribution in [0, 0.1) is 10.1 Å². The summed E-state index contributed by atoms with van der Waals surface area (Å²) in [6.45, 7) is 6.19. The second kappa shape index (κ2) is 5.00. The zero-order valence-electron chi connectivity index (χ0n) is 12.3. The molecule has 1 aliphatic carbocycles. The van der Waals surface area contributed by atoms with Gasteiger partial charge in [-0.1, -0.05) is 39.0 Å². The first-order chi connectivity index (χ1) is 9.28. The first kappa shape index (κ1) is 14.7. The summed E-state index contributed by atoms with van der Waals surface area (Å²) in [5.74, 6) is -0.250. The van der Waals surface area contributed by atoms with E-state index >= 15 is 0 Å². The Morgan fingerprint density at radius 1 is 1.25 bits per heavy atom. The monoisotopic (exact) mass is 275 g/mol. The van der Waals surface area contributed by atoms with Crippen molar-refractivity contribution in [3.63, 3.8) is 0 Å². The van der Waals surface area contributed by atoms with E-state index in [1.807, 2.05) is 18.2 Å². The minimum atomic E-state index is -1.53. The molecule has 0 bridgehead atoms. The lowest BCUT2D eigenvalue weighted by molar-refractivity contribution is -0.563. The number of Topliss-reactive ketones (excluding diaryl/α,β-unsaturated/α-hetero) is 1. The molecule has 0 unspecified atom stereocenters. The van der Waals surface area contributed by atoms with Crippen LogP contribution in [-0.2, 0) is 15.7 Å². The Bertz CT molecular complexity index is 545. The van der Waals surface area contributed by atoms with Gasteiger partial charge in [0.15, 0.2) is 0 Å². The Kier molecular flexibility index (Phi) is 3.67. The highest BCUT2D eigenvalue weighted by Gasteiger charge is 2.53. The van der Waals surface area contributed by atoms with Crippen molar-refractivity contribution < 1.29 is 9.72 Å². The van der Waals surface area contributed by atoms with Gasteiger partial charge < -0.3 is 0 Å². The fraction of sp³-hybridized carbons (Fsp3) is 0.562. The summed E-state index contributed by atoms with van der Waals surface area (Å²) in [6, 6.07) is 7.35. The van der Waals surface area contributed by atoms with E-state index in [1.165, 1.54) is 0 Å². The van der Waals surface area contributed by atoms with Crippen LogP contribution in [0.5, 0.6) is 0 Å². The van der Waals surface area contributed by atoms with Gasteiger partial charge in [0.05, 0.1) is 0 Å². The predicted octanol–water partition coefficient (Wildman–Crippen LogP) is 3.60. The Balaban J connectivity index is 2.56. The smallest absolute Gasteiger partial charge is 0.291 e. The molecule has 1 fully saturated rings. The molecular formula is C16H21NO3. The average Bonchev–Trinajstić information content (AvgIpc) is 2.38. The first-order valence-corrected chi connectivity index (χ1v) is 7.07. The SMILES string of the molecule is CC(C)(C)c1cccc([C@@]2([N+](=O)[O-])CCCCC2=O)c1. The lowest BCUT2D eigenvalue weighted by Crippen LogP contribution is -2.45. The van der Waals surface area contributed by atoms with Crippen molar-refractivity contribution >= 4 is 5.78 Å². The summed E-state index contributed by atoms with van der Waals surface area (Å²) in [4.78, 5) is 23.5. The molecule has 1 atom stereocenters. The molecule has 0 saturated heterocycles. The number of rotatable bonds is 2. The van der Waals surface area contributed by atoms with Gasteiger partial charge in [0.2, 0.25) is 5.78 Å². The molecule has 2 rings (SSSR count). The normalized spacial score (nSPS) is 23.6. The largest absolute Gasteiger partial charge is 0.304 e. The predicted molar refractivity (Wildman–Crippen MR) is 77.3 cm³/mol. The number of ketones is 1. The number of hydrogen-bond donors (Lipinski definition) is 0. The number of nitro groups is 1. The molecule has 0 spiro atoms. The van der Waals surface area contributed by atoms with E-state index in [0.717, 1.165) is 18.4 Å². The van der Waals surface area contributed by atoms with Crippen LogP contribution in [0.15, 0.2) is 24.3 Å². The molecule has 0 aromatic heterocycles. The maximum atomic E-state index is 12.3. The van der Waals surface area contributed by atoms with E-state index in [2.05, 4.69) is 20.8 Å². The molecule has 1 aliphatic rings. The highest BCUT2D eigenvalue weighted by atomic mass is 16.6. The van der Waals surface area contributed by atoms with Gasteiger partial charge in [-0.25, -0.2) is 0 Å².